The van der Waals surface area contributed by atoms with Crippen LogP contribution in [0.2, 0.25) is 0 Å². The Morgan fingerprint density at radius 1 is 1.14 bits per heavy atom. The van der Waals surface area contributed by atoms with Gasteiger partial charge in [-0.2, -0.15) is 9.89 Å². The predicted molar refractivity (Wildman–Crippen MR) is 55.2 cm³/mol. The minimum Gasteiger partial charge on any atom is -0.323 e. The zero-order valence-electron chi connectivity index (χ0n) is 7.38. The zero-order chi connectivity index (χ0) is 9.54. The average molecular weight is 184 g/mol. The second-order valence-electron chi connectivity index (χ2n) is 3.17. The van der Waals surface area contributed by atoms with E-state index in [9.17, 15) is 0 Å². The van der Waals surface area contributed by atoms with Gasteiger partial charge in [0.1, 0.15) is 11.0 Å². The molecular weight excluding hydrogens is 176 g/mol. The van der Waals surface area contributed by atoms with E-state index in [0.29, 0.717) is 0 Å². The van der Waals surface area contributed by atoms with Gasteiger partial charge in [-0.25, -0.2) is 0 Å². The molecule has 0 unspecified atom stereocenters. The third kappa shape index (κ3) is 0.821. The Bertz CT molecular complexity index is 612. The third-order valence-corrected chi connectivity index (χ3v) is 2.33. The van der Waals surface area contributed by atoms with E-state index in [1.54, 1.807) is 6.20 Å². The SMILES string of the molecule is Nn1ncc2ncc3ccccc3c21. The van der Waals surface area contributed by atoms with Gasteiger partial charge in [0.2, 0.25) is 0 Å². The molecule has 4 heteroatoms. The fourth-order valence-electron chi connectivity index (χ4n) is 1.67. The zero-order valence-corrected chi connectivity index (χ0v) is 7.38. The Hall–Kier alpha value is -2.10. The largest absolute Gasteiger partial charge is 0.323 e. The summed E-state index contributed by atoms with van der Waals surface area (Å²) in [6.07, 6.45) is 3.50. The van der Waals surface area contributed by atoms with Gasteiger partial charge in [0.25, 0.3) is 0 Å². The van der Waals surface area contributed by atoms with Gasteiger partial charge in [-0.15, -0.1) is 0 Å². The first-order valence-corrected chi connectivity index (χ1v) is 4.33. The van der Waals surface area contributed by atoms with Crippen molar-refractivity contribution in [2.75, 3.05) is 5.84 Å². The van der Waals surface area contributed by atoms with Crippen LogP contribution in [0.4, 0.5) is 0 Å². The molecule has 0 saturated carbocycles. The number of rotatable bonds is 0. The lowest BCUT2D eigenvalue weighted by atomic mass is 10.1. The molecule has 0 spiro atoms. The molecule has 14 heavy (non-hydrogen) atoms. The van der Waals surface area contributed by atoms with Gasteiger partial charge < -0.3 is 5.84 Å². The van der Waals surface area contributed by atoms with Crippen LogP contribution in [-0.4, -0.2) is 14.9 Å². The molecule has 1 aromatic carbocycles. The summed E-state index contributed by atoms with van der Waals surface area (Å²) in [5.74, 6) is 5.71. The number of pyridine rings is 1. The summed E-state index contributed by atoms with van der Waals surface area (Å²) in [6, 6.07) is 7.99. The molecule has 0 saturated heterocycles. The fraction of sp³-hybridized carbons (Fsp3) is 0. The molecule has 0 radical (unpaired) electrons. The fourth-order valence-corrected chi connectivity index (χ4v) is 1.67. The van der Waals surface area contributed by atoms with Crippen molar-refractivity contribution in [3.8, 4) is 0 Å². The Morgan fingerprint density at radius 2 is 2.00 bits per heavy atom. The van der Waals surface area contributed by atoms with Crippen LogP contribution in [0.1, 0.15) is 0 Å². The van der Waals surface area contributed by atoms with Crippen LogP contribution in [0.5, 0.6) is 0 Å². The monoisotopic (exact) mass is 184 g/mol. The van der Waals surface area contributed by atoms with Crippen molar-refractivity contribution >= 4 is 21.8 Å². The highest BCUT2D eigenvalue weighted by Crippen LogP contribution is 2.21. The molecular formula is C10H8N4. The van der Waals surface area contributed by atoms with Crippen molar-refractivity contribution in [3.63, 3.8) is 0 Å². The second-order valence-corrected chi connectivity index (χ2v) is 3.17. The third-order valence-electron chi connectivity index (χ3n) is 2.33. The molecule has 0 atom stereocenters. The van der Waals surface area contributed by atoms with Crippen molar-refractivity contribution in [2.24, 2.45) is 0 Å². The lowest BCUT2D eigenvalue weighted by molar-refractivity contribution is 0.865. The first kappa shape index (κ1) is 7.32. The second kappa shape index (κ2) is 2.45. The molecule has 0 aliphatic rings. The average Bonchev–Trinajstić information content (AvgIpc) is 2.61. The Labute approximate surface area is 79.9 Å². The van der Waals surface area contributed by atoms with Gasteiger partial charge in [-0.05, 0) is 0 Å². The minimum absolute atomic E-state index is 0.825. The number of hydrogen-bond acceptors (Lipinski definition) is 3. The quantitative estimate of drug-likeness (QED) is 0.536. The molecule has 68 valence electrons. The Kier molecular flexibility index (Phi) is 1.28. The van der Waals surface area contributed by atoms with E-state index in [-0.39, 0.29) is 0 Å². The summed E-state index contributed by atoms with van der Waals surface area (Å²) in [5.41, 5.74) is 1.70. The Balaban J connectivity index is 2.65. The molecule has 0 fully saturated rings. The first-order chi connectivity index (χ1) is 6.86. The maximum Gasteiger partial charge on any atom is 0.118 e. The molecule has 0 bridgehead atoms. The van der Waals surface area contributed by atoms with Crippen LogP contribution in [-0.2, 0) is 0 Å². The van der Waals surface area contributed by atoms with Crippen LogP contribution in [0.15, 0.2) is 36.7 Å². The number of nitrogens with two attached hydrogens (primary N) is 1. The highest BCUT2D eigenvalue weighted by molar-refractivity contribution is 6.03. The predicted octanol–water partition coefficient (Wildman–Crippen LogP) is 1.30. The van der Waals surface area contributed by atoms with Crippen LogP contribution < -0.4 is 5.84 Å². The van der Waals surface area contributed by atoms with E-state index in [0.717, 1.165) is 21.8 Å². The van der Waals surface area contributed by atoms with Crippen molar-refractivity contribution in [3.05, 3.63) is 36.7 Å². The van der Waals surface area contributed by atoms with Gasteiger partial charge in [0, 0.05) is 17.0 Å². The van der Waals surface area contributed by atoms with Crippen LogP contribution in [0.3, 0.4) is 0 Å². The number of nitrogens with zero attached hydrogens (tertiary/aromatic N) is 3. The van der Waals surface area contributed by atoms with Crippen molar-refractivity contribution in [2.45, 2.75) is 0 Å². The van der Waals surface area contributed by atoms with E-state index >= 15 is 0 Å². The molecule has 2 N–H and O–H groups in total. The van der Waals surface area contributed by atoms with Gasteiger partial charge >= 0.3 is 0 Å². The number of benzene rings is 1. The van der Waals surface area contributed by atoms with E-state index in [2.05, 4.69) is 10.1 Å². The smallest absolute Gasteiger partial charge is 0.118 e. The maximum atomic E-state index is 5.71. The van der Waals surface area contributed by atoms with Crippen LogP contribution in [0, 0.1) is 0 Å². The van der Waals surface area contributed by atoms with Crippen LogP contribution in [0.25, 0.3) is 21.8 Å². The maximum absolute atomic E-state index is 5.71. The molecule has 0 aliphatic carbocycles. The first-order valence-electron chi connectivity index (χ1n) is 4.33. The van der Waals surface area contributed by atoms with E-state index in [1.807, 2.05) is 30.5 Å². The summed E-state index contributed by atoms with van der Waals surface area (Å²) >= 11 is 0. The summed E-state index contributed by atoms with van der Waals surface area (Å²) in [6.45, 7) is 0. The Morgan fingerprint density at radius 3 is 2.93 bits per heavy atom. The molecule has 4 nitrogen and oxygen atoms in total. The van der Waals surface area contributed by atoms with E-state index in [4.69, 9.17) is 5.84 Å². The summed E-state index contributed by atoms with van der Waals surface area (Å²) in [5, 5.41) is 6.13. The van der Waals surface area contributed by atoms with Gasteiger partial charge in [0.05, 0.1) is 6.20 Å². The lowest BCUT2D eigenvalue weighted by Gasteiger charge is -1.99. The van der Waals surface area contributed by atoms with Gasteiger partial charge in [0.15, 0.2) is 0 Å². The number of fused-ring (bicyclic) bond motifs is 3. The highest BCUT2D eigenvalue weighted by Gasteiger charge is 2.05. The lowest BCUT2D eigenvalue weighted by Crippen LogP contribution is -2.09. The minimum atomic E-state index is 0.825. The molecule has 2 aromatic heterocycles. The van der Waals surface area contributed by atoms with Gasteiger partial charge in [-0.3, -0.25) is 4.98 Å². The van der Waals surface area contributed by atoms with E-state index in [1.165, 1.54) is 4.79 Å². The van der Waals surface area contributed by atoms with Crippen molar-refractivity contribution in [1.82, 2.24) is 14.9 Å². The van der Waals surface area contributed by atoms with Crippen molar-refractivity contribution in [1.29, 1.82) is 0 Å². The standard InChI is InChI=1S/C10H8N4/c11-14-10-8-4-2-1-3-7(8)5-12-9(10)6-13-14/h1-6H,11H2. The van der Waals surface area contributed by atoms with E-state index < -0.39 is 0 Å². The number of nitrogen functional groups attached to an aromatic ring is 1. The molecule has 2 heterocycles. The topological polar surface area (TPSA) is 56.7 Å². The summed E-state index contributed by atoms with van der Waals surface area (Å²) < 4.78 is 0. The molecule has 3 rings (SSSR count). The molecule has 0 amide bonds. The number of hydrogen-bond donors (Lipinski definition) is 1. The number of aromatic nitrogens is 3. The van der Waals surface area contributed by atoms with Gasteiger partial charge in [-0.1, -0.05) is 24.3 Å². The molecule has 3 aromatic rings. The molecule has 0 aliphatic heterocycles. The van der Waals surface area contributed by atoms with Crippen molar-refractivity contribution < 1.29 is 0 Å². The highest BCUT2D eigenvalue weighted by atomic mass is 15.5. The van der Waals surface area contributed by atoms with Crippen LogP contribution >= 0.6 is 0 Å². The summed E-state index contributed by atoms with van der Waals surface area (Å²) in [7, 11) is 0. The normalized spacial score (nSPS) is 11.1. The summed E-state index contributed by atoms with van der Waals surface area (Å²) in [4.78, 5) is 5.63.